The highest BCUT2D eigenvalue weighted by molar-refractivity contribution is 8.00. The molecule has 0 bridgehead atoms. The Balaban J connectivity index is 2.18. The smallest absolute Gasteiger partial charge is 0.176 e. The lowest BCUT2D eigenvalue weighted by Gasteiger charge is -2.13. The molecule has 0 aliphatic rings. The fraction of sp³-hybridized carbons (Fsp3) is 0.235. The van der Waals surface area contributed by atoms with Crippen molar-refractivity contribution in [3.63, 3.8) is 0 Å². The molecule has 0 fully saturated rings. The van der Waals surface area contributed by atoms with Gasteiger partial charge in [-0.3, -0.25) is 4.79 Å². The lowest BCUT2D eigenvalue weighted by molar-refractivity contribution is 0.0993. The third-order valence-electron chi connectivity index (χ3n) is 3.14. The van der Waals surface area contributed by atoms with Gasteiger partial charge in [0.15, 0.2) is 5.78 Å². The SMILES string of the molecule is Cc1ccc(C)c(C(=O)C(C)Sc2cccc(Cl)c2)c1. The molecule has 104 valence electrons. The molecule has 2 aromatic carbocycles. The van der Waals surface area contributed by atoms with Crippen LogP contribution in [0, 0.1) is 13.8 Å². The molecule has 0 aliphatic carbocycles. The zero-order chi connectivity index (χ0) is 14.7. The summed E-state index contributed by atoms with van der Waals surface area (Å²) in [5.74, 6) is 0.163. The number of hydrogen-bond acceptors (Lipinski definition) is 2. The summed E-state index contributed by atoms with van der Waals surface area (Å²) < 4.78 is 0. The highest BCUT2D eigenvalue weighted by Crippen LogP contribution is 2.28. The quantitative estimate of drug-likeness (QED) is 0.561. The molecule has 1 atom stereocenters. The Morgan fingerprint density at radius 2 is 1.90 bits per heavy atom. The van der Waals surface area contributed by atoms with Crippen molar-refractivity contribution in [2.75, 3.05) is 0 Å². The first kappa shape index (κ1) is 15.1. The van der Waals surface area contributed by atoms with Crippen molar-refractivity contribution in [1.29, 1.82) is 0 Å². The van der Waals surface area contributed by atoms with Crippen LogP contribution >= 0.6 is 23.4 Å². The number of ketones is 1. The maximum Gasteiger partial charge on any atom is 0.176 e. The van der Waals surface area contributed by atoms with Crippen LogP contribution < -0.4 is 0 Å². The van der Waals surface area contributed by atoms with Crippen LogP contribution in [0.2, 0.25) is 5.02 Å². The zero-order valence-corrected chi connectivity index (χ0v) is 13.4. The van der Waals surface area contributed by atoms with Crippen molar-refractivity contribution in [1.82, 2.24) is 0 Å². The molecule has 20 heavy (non-hydrogen) atoms. The highest BCUT2D eigenvalue weighted by atomic mass is 35.5. The number of rotatable bonds is 4. The lowest BCUT2D eigenvalue weighted by atomic mass is 10.0. The third kappa shape index (κ3) is 3.65. The van der Waals surface area contributed by atoms with E-state index in [2.05, 4.69) is 0 Å². The Morgan fingerprint density at radius 3 is 2.60 bits per heavy atom. The van der Waals surface area contributed by atoms with E-state index >= 15 is 0 Å². The van der Waals surface area contributed by atoms with E-state index in [0.717, 1.165) is 21.6 Å². The molecule has 0 aromatic heterocycles. The maximum atomic E-state index is 12.6. The van der Waals surface area contributed by atoms with Crippen LogP contribution in [0.1, 0.15) is 28.4 Å². The van der Waals surface area contributed by atoms with Gasteiger partial charge in [-0.15, -0.1) is 11.8 Å². The van der Waals surface area contributed by atoms with E-state index in [4.69, 9.17) is 11.6 Å². The van der Waals surface area contributed by atoms with Crippen molar-refractivity contribution in [3.8, 4) is 0 Å². The Kier molecular flexibility index (Phi) is 4.90. The minimum atomic E-state index is -0.131. The molecule has 2 rings (SSSR count). The van der Waals surface area contributed by atoms with Crippen molar-refractivity contribution >= 4 is 29.1 Å². The molecule has 1 nitrogen and oxygen atoms in total. The fourth-order valence-electron chi connectivity index (χ4n) is 2.02. The number of carbonyl (C=O) groups excluding carboxylic acids is 1. The molecule has 0 amide bonds. The molecule has 1 unspecified atom stereocenters. The number of carbonyl (C=O) groups is 1. The van der Waals surface area contributed by atoms with Crippen molar-refractivity contribution in [2.24, 2.45) is 0 Å². The fourth-order valence-corrected chi connectivity index (χ4v) is 3.27. The molecule has 0 spiro atoms. The minimum absolute atomic E-state index is 0.131. The molecular formula is C17H17ClOS. The molecule has 3 heteroatoms. The number of thioether (sulfide) groups is 1. The van der Waals surface area contributed by atoms with Gasteiger partial charge >= 0.3 is 0 Å². The lowest BCUT2D eigenvalue weighted by Crippen LogP contribution is -2.15. The van der Waals surface area contributed by atoms with Crippen LogP contribution in [-0.2, 0) is 0 Å². The molecule has 0 heterocycles. The first-order valence-corrected chi connectivity index (χ1v) is 7.77. The Hall–Kier alpha value is -1.25. The maximum absolute atomic E-state index is 12.6. The van der Waals surface area contributed by atoms with E-state index in [1.54, 1.807) is 11.8 Å². The molecular weight excluding hydrogens is 288 g/mol. The average molecular weight is 305 g/mol. The van der Waals surface area contributed by atoms with Crippen molar-refractivity contribution < 1.29 is 4.79 Å². The van der Waals surface area contributed by atoms with Gasteiger partial charge in [0.2, 0.25) is 0 Å². The van der Waals surface area contributed by atoms with Gasteiger partial charge in [-0.25, -0.2) is 0 Å². The largest absolute Gasteiger partial charge is 0.293 e. The first-order valence-electron chi connectivity index (χ1n) is 6.51. The average Bonchev–Trinajstić information content (AvgIpc) is 2.40. The Labute approximate surface area is 129 Å². The third-order valence-corrected chi connectivity index (χ3v) is 4.47. The molecule has 2 aromatic rings. The minimum Gasteiger partial charge on any atom is -0.293 e. The summed E-state index contributed by atoms with van der Waals surface area (Å²) in [6, 6.07) is 13.6. The van der Waals surface area contributed by atoms with Gasteiger partial charge in [-0.1, -0.05) is 35.4 Å². The van der Waals surface area contributed by atoms with Crippen LogP contribution in [0.5, 0.6) is 0 Å². The molecule has 0 N–H and O–H groups in total. The zero-order valence-electron chi connectivity index (χ0n) is 11.8. The summed E-state index contributed by atoms with van der Waals surface area (Å²) in [5.41, 5.74) is 2.95. The number of halogens is 1. The van der Waals surface area contributed by atoms with E-state index in [1.165, 1.54) is 0 Å². The first-order chi connectivity index (χ1) is 9.47. The summed E-state index contributed by atoms with van der Waals surface area (Å²) in [4.78, 5) is 13.6. The topological polar surface area (TPSA) is 17.1 Å². The van der Waals surface area contributed by atoms with Gasteiger partial charge in [0.25, 0.3) is 0 Å². The van der Waals surface area contributed by atoms with Crippen molar-refractivity contribution in [3.05, 3.63) is 64.2 Å². The Bertz CT molecular complexity index is 637. The van der Waals surface area contributed by atoms with E-state index in [-0.39, 0.29) is 11.0 Å². The summed E-state index contributed by atoms with van der Waals surface area (Å²) >= 11 is 7.51. The molecule has 0 radical (unpaired) electrons. The predicted molar refractivity (Wildman–Crippen MR) is 87.0 cm³/mol. The normalized spacial score (nSPS) is 12.2. The Morgan fingerprint density at radius 1 is 1.15 bits per heavy atom. The van der Waals surface area contributed by atoms with Crippen molar-refractivity contribution in [2.45, 2.75) is 30.9 Å². The molecule has 0 aliphatic heterocycles. The number of hydrogen-bond donors (Lipinski definition) is 0. The highest BCUT2D eigenvalue weighted by Gasteiger charge is 2.18. The van der Waals surface area contributed by atoms with Gasteiger partial charge in [0.1, 0.15) is 0 Å². The van der Waals surface area contributed by atoms with Crippen LogP contribution in [-0.4, -0.2) is 11.0 Å². The monoisotopic (exact) mass is 304 g/mol. The standard InChI is InChI=1S/C17H17ClOS/c1-11-7-8-12(2)16(9-11)17(19)13(3)20-15-6-4-5-14(18)10-15/h4-10,13H,1-3H3. The van der Waals surface area contributed by atoms with Gasteiger partial charge in [0, 0.05) is 15.5 Å². The van der Waals surface area contributed by atoms with Gasteiger partial charge in [0.05, 0.1) is 5.25 Å². The number of Topliss-reactive ketones (excluding diaryl/α,β-unsaturated/α-hetero) is 1. The van der Waals surface area contributed by atoms with Crippen LogP contribution in [0.4, 0.5) is 0 Å². The van der Waals surface area contributed by atoms with E-state index in [0.29, 0.717) is 5.02 Å². The number of benzene rings is 2. The molecule has 0 saturated heterocycles. The second-order valence-corrected chi connectivity index (χ2v) is 6.75. The predicted octanol–water partition coefficient (Wildman–Crippen LogP) is 5.32. The van der Waals surface area contributed by atoms with E-state index in [9.17, 15) is 4.79 Å². The second kappa shape index (κ2) is 6.47. The summed E-state index contributed by atoms with van der Waals surface area (Å²) in [6.45, 7) is 5.92. The summed E-state index contributed by atoms with van der Waals surface area (Å²) in [7, 11) is 0. The van der Waals surface area contributed by atoms with E-state index in [1.807, 2.05) is 63.2 Å². The van der Waals surface area contributed by atoms with Crippen LogP contribution in [0.25, 0.3) is 0 Å². The van der Waals surface area contributed by atoms with Gasteiger partial charge in [-0.2, -0.15) is 0 Å². The van der Waals surface area contributed by atoms with Crippen LogP contribution in [0.15, 0.2) is 47.4 Å². The summed E-state index contributed by atoms with van der Waals surface area (Å²) in [5, 5.41) is 0.565. The summed E-state index contributed by atoms with van der Waals surface area (Å²) in [6.07, 6.45) is 0. The van der Waals surface area contributed by atoms with E-state index < -0.39 is 0 Å². The van der Waals surface area contributed by atoms with Gasteiger partial charge < -0.3 is 0 Å². The second-order valence-electron chi connectivity index (χ2n) is 4.90. The van der Waals surface area contributed by atoms with Crippen LogP contribution in [0.3, 0.4) is 0 Å². The van der Waals surface area contributed by atoms with Gasteiger partial charge in [-0.05, 0) is 50.6 Å². The molecule has 0 saturated carbocycles. The number of aryl methyl sites for hydroxylation is 2.